The second kappa shape index (κ2) is 15.3. The molecule has 0 fully saturated rings. The third-order valence-electron chi connectivity index (χ3n) is 12.8. The van der Waals surface area contributed by atoms with Crippen molar-refractivity contribution in [2.24, 2.45) is 0 Å². The summed E-state index contributed by atoms with van der Waals surface area (Å²) in [7, 11) is 0. The van der Waals surface area contributed by atoms with E-state index in [1.807, 2.05) is 0 Å². The molecule has 0 saturated carbocycles. The molecular formula is C62H41N. The molecule has 0 aliphatic carbocycles. The van der Waals surface area contributed by atoms with Crippen LogP contribution in [0, 0.1) is 0 Å². The Hall–Kier alpha value is -8.26. The van der Waals surface area contributed by atoms with Crippen molar-refractivity contribution in [3.05, 3.63) is 249 Å². The largest absolute Gasteiger partial charge is 0.310 e. The molecule has 0 bridgehead atoms. The Morgan fingerprint density at radius 1 is 0.190 bits per heavy atom. The van der Waals surface area contributed by atoms with Crippen molar-refractivity contribution in [2.45, 2.75) is 0 Å². The third kappa shape index (κ3) is 6.09. The van der Waals surface area contributed by atoms with Gasteiger partial charge in [-0.25, -0.2) is 0 Å². The predicted octanol–water partition coefficient (Wildman–Crippen LogP) is 17.6. The van der Waals surface area contributed by atoms with Gasteiger partial charge in [0.25, 0.3) is 0 Å². The Morgan fingerprint density at radius 2 is 0.508 bits per heavy atom. The van der Waals surface area contributed by atoms with Gasteiger partial charge in [-0.2, -0.15) is 0 Å². The Kier molecular flexibility index (Phi) is 8.90. The first kappa shape index (κ1) is 36.6. The molecule has 0 unspecified atom stereocenters. The number of para-hydroxylation sites is 2. The second-order valence-electron chi connectivity index (χ2n) is 16.3. The fourth-order valence-electron chi connectivity index (χ4n) is 10.2. The zero-order valence-electron chi connectivity index (χ0n) is 34.6. The van der Waals surface area contributed by atoms with Gasteiger partial charge < -0.3 is 4.90 Å². The zero-order valence-corrected chi connectivity index (χ0v) is 34.6. The SMILES string of the molecule is c1ccc(-c2ccc(-c3c4ccccc4c(-c4c5ccccc5c(-c5cccc(N(c6ccccc6)c6ccccc6)c5)c5ccccc45)c4ccccc34)c3ccccc23)cc1. The number of hydrogen-bond acceptors (Lipinski definition) is 1. The Bertz CT molecular complexity index is 3510. The Morgan fingerprint density at radius 3 is 0.968 bits per heavy atom. The normalized spacial score (nSPS) is 11.5. The zero-order chi connectivity index (χ0) is 41.7. The summed E-state index contributed by atoms with van der Waals surface area (Å²) in [6.45, 7) is 0. The van der Waals surface area contributed by atoms with E-state index in [-0.39, 0.29) is 0 Å². The summed E-state index contributed by atoms with van der Waals surface area (Å²) >= 11 is 0. The summed E-state index contributed by atoms with van der Waals surface area (Å²) in [5.74, 6) is 0. The lowest BCUT2D eigenvalue weighted by atomic mass is 9.80. The monoisotopic (exact) mass is 799 g/mol. The fourth-order valence-corrected chi connectivity index (χ4v) is 10.2. The van der Waals surface area contributed by atoms with E-state index in [9.17, 15) is 0 Å². The van der Waals surface area contributed by atoms with E-state index in [0.717, 1.165) is 17.1 Å². The third-order valence-corrected chi connectivity index (χ3v) is 12.8. The maximum atomic E-state index is 2.36. The number of rotatable bonds is 7. The summed E-state index contributed by atoms with van der Waals surface area (Å²) < 4.78 is 0. The average Bonchev–Trinajstić information content (AvgIpc) is 3.36. The first-order valence-corrected chi connectivity index (χ1v) is 21.8. The van der Waals surface area contributed by atoms with Crippen LogP contribution in [0.2, 0.25) is 0 Å². The lowest BCUT2D eigenvalue weighted by Gasteiger charge is -2.26. The van der Waals surface area contributed by atoms with Crippen LogP contribution in [0.25, 0.3) is 98.4 Å². The van der Waals surface area contributed by atoms with E-state index in [1.165, 1.54) is 98.4 Å². The van der Waals surface area contributed by atoms with Gasteiger partial charge in [-0.15, -0.1) is 0 Å². The van der Waals surface area contributed by atoms with Crippen molar-refractivity contribution in [1.82, 2.24) is 0 Å². The first-order valence-electron chi connectivity index (χ1n) is 21.8. The molecule has 0 aliphatic rings. The van der Waals surface area contributed by atoms with Gasteiger partial charge in [0.2, 0.25) is 0 Å². The summed E-state index contributed by atoms with van der Waals surface area (Å²) in [4.78, 5) is 2.35. The van der Waals surface area contributed by atoms with E-state index < -0.39 is 0 Å². The number of benzene rings is 12. The molecule has 294 valence electrons. The molecule has 12 rings (SSSR count). The highest BCUT2D eigenvalue weighted by Crippen LogP contribution is 2.51. The van der Waals surface area contributed by atoms with E-state index in [4.69, 9.17) is 0 Å². The molecule has 0 N–H and O–H groups in total. The van der Waals surface area contributed by atoms with Crippen LogP contribution in [0.15, 0.2) is 249 Å². The van der Waals surface area contributed by atoms with Crippen LogP contribution in [-0.2, 0) is 0 Å². The minimum atomic E-state index is 1.11. The van der Waals surface area contributed by atoms with Crippen LogP contribution < -0.4 is 4.90 Å². The van der Waals surface area contributed by atoms with Gasteiger partial charge in [0.05, 0.1) is 0 Å². The van der Waals surface area contributed by atoms with Crippen molar-refractivity contribution in [3.63, 3.8) is 0 Å². The summed E-state index contributed by atoms with van der Waals surface area (Å²) in [6, 6.07) is 90.9. The standard InChI is InChI=1S/C62H41N/c1-4-21-42(22-5-1)47-39-40-58(49-30-11-10-29-48(47)49)60-52-33-14-18-37-56(52)62(57-38-19-15-34-53(57)60)61-54-35-16-12-31-50(54)59(51-32-13-17-36-55(51)61)43-23-20-28-46(41-43)63(44-24-6-2-7-25-44)45-26-8-3-9-27-45/h1-41H. The van der Waals surface area contributed by atoms with Crippen LogP contribution in [0.4, 0.5) is 17.1 Å². The highest BCUT2D eigenvalue weighted by molar-refractivity contribution is 6.31. The van der Waals surface area contributed by atoms with Gasteiger partial charge in [-0.1, -0.05) is 212 Å². The predicted molar refractivity (Wildman–Crippen MR) is 270 cm³/mol. The molecule has 0 radical (unpaired) electrons. The van der Waals surface area contributed by atoms with Crippen LogP contribution in [0.5, 0.6) is 0 Å². The van der Waals surface area contributed by atoms with E-state index in [2.05, 4.69) is 254 Å². The van der Waals surface area contributed by atoms with Crippen LogP contribution in [0.1, 0.15) is 0 Å². The van der Waals surface area contributed by atoms with Crippen LogP contribution >= 0.6 is 0 Å². The minimum Gasteiger partial charge on any atom is -0.310 e. The first-order chi connectivity index (χ1) is 31.3. The van der Waals surface area contributed by atoms with Gasteiger partial charge in [0.15, 0.2) is 0 Å². The number of hydrogen-bond donors (Lipinski definition) is 0. The molecule has 1 heteroatoms. The maximum absolute atomic E-state index is 2.36. The molecule has 0 atom stereocenters. The van der Waals surface area contributed by atoms with E-state index in [1.54, 1.807) is 0 Å². The molecule has 0 amide bonds. The molecule has 0 saturated heterocycles. The number of anilines is 3. The quantitative estimate of drug-likeness (QED) is 0.145. The molecule has 0 spiro atoms. The maximum Gasteiger partial charge on any atom is 0.0467 e. The highest BCUT2D eigenvalue weighted by atomic mass is 15.1. The second-order valence-corrected chi connectivity index (χ2v) is 16.3. The van der Waals surface area contributed by atoms with Gasteiger partial charge in [-0.3, -0.25) is 0 Å². The summed E-state index contributed by atoms with van der Waals surface area (Å²) in [5.41, 5.74) is 13.3. The van der Waals surface area contributed by atoms with Crippen LogP contribution in [-0.4, -0.2) is 0 Å². The molecule has 12 aromatic rings. The van der Waals surface area contributed by atoms with Crippen molar-refractivity contribution in [2.75, 3.05) is 4.90 Å². The Labute approximate surface area is 367 Å². The molecule has 0 aliphatic heterocycles. The summed E-state index contributed by atoms with van der Waals surface area (Å²) in [5, 5.41) is 12.4. The van der Waals surface area contributed by atoms with Crippen LogP contribution in [0.3, 0.4) is 0 Å². The van der Waals surface area contributed by atoms with Crippen molar-refractivity contribution in [1.29, 1.82) is 0 Å². The van der Waals surface area contributed by atoms with E-state index in [0.29, 0.717) is 0 Å². The lowest BCUT2D eigenvalue weighted by Crippen LogP contribution is -2.09. The van der Waals surface area contributed by atoms with Gasteiger partial charge in [0.1, 0.15) is 0 Å². The highest BCUT2D eigenvalue weighted by Gasteiger charge is 2.24. The fraction of sp³-hybridized carbons (Fsp3) is 0. The van der Waals surface area contributed by atoms with Gasteiger partial charge in [-0.05, 0) is 135 Å². The minimum absolute atomic E-state index is 1.11. The van der Waals surface area contributed by atoms with Crippen molar-refractivity contribution < 1.29 is 0 Å². The topological polar surface area (TPSA) is 3.24 Å². The molecule has 12 aromatic carbocycles. The molecule has 1 nitrogen and oxygen atoms in total. The number of nitrogens with zero attached hydrogens (tertiary/aromatic N) is 1. The lowest BCUT2D eigenvalue weighted by molar-refractivity contribution is 1.28. The van der Waals surface area contributed by atoms with Gasteiger partial charge in [0, 0.05) is 17.1 Å². The molecule has 0 heterocycles. The van der Waals surface area contributed by atoms with Crippen molar-refractivity contribution in [3.8, 4) is 44.5 Å². The average molecular weight is 800 g/mol. The summed E-state index contributed by atoms with van der Waals surface area (Å²) in [6.07, 6.45) is 0. The number of fused-ring (bicyclic) bond motifs is 5. The molecule has 63 heavy (non-hydrogen) atoms. The Balaban J connectivity index is 1.13. The molecular weight excluding hydrogens is 759 g/mol. The van der Waals surface area contributed by atoms with E-state index >= 15 is 0 Å². The van der Waals surface area contributed by atoms with Crippen molar-refractivity contribution >= 4 is 70.9 Å². The molecule has 0 aromatic heterocycles. The van der Waals surface area contributed by atoms with Gasteiger partial charge >= 0.3 is 0 Å². The smallest absolute Gasteiger partial charge is 0.0467 e.